The van der Waals surface area contributed by atoms with Crippen molar-refractivity contribution in [3.63, 3.8) is 0 Å². The van der Waals surface area contributed by atoms with Crippen molar-refractivity contribution in [3.8, 4) is 5.75 Å². The van der Waals surface area contributed by atoms with E-state index in [2.05, 4.69) is 10.2 Å². The lowest BCUT2D eigenvalue weighted by Gasteiger charge is -2.31. The maximum Gasteiger partial charge on any atom is 0.177 e. The van der Waals surface area contributed by atoms with Gasteiger partial charge >= 0.3 is 0 Å². The van der Waals surface area contributed by atoms with Crippen LogP contribution in [-0.4, -0.2) is 48.0 Å². The molecule has 2 aromatic rings. The number of sulfone groups is 1. The summed E-state index contributed by atoms with van der Waals surface area (Å²) in [6.45, 7) is 5.40. The molecular formula is C20H27Cl2N3O3S. The second-order valence-corrected chi connectivity index (χ2v) is 9.50. The van der Waals surface area contributed by atoms with Gasteiger partial charge in [-0.3, -0.25) is 0 Å². The quantitative estimate of drug-likeness (QED) is 0.666. The van der Waals surface area contributed by atoms with E-state index >= 15 is 0 Å². The van der Waals surface area contributed by atoms with E-state index < -0.39 is 9.84 Å². The molecular weight excluding hydrogens is 433 g/mol. The molecule has 3 N–H and O–H groups in total. The number of anilines is 2. The topological polar surface area (TPSA) is 84.7 Å². The normalized spacial score (nSPS) is 15.5. The summed E-state index contributed by atoms with van der Waals surface area (Å²) < 4.78 is 30.4. The number of nitrogen functional groups attached to an aromatic ring is 1. The fourth-order valence-corrected chi connectivity index (χ4v) is 5.03. The highest BCUT2D eigenvalue weighted by Crippen LogP contribution is 2.38. The van der Waals surface area contributed by atoms with Crippen molar-refractivity contribution < 1.29 is 13.2 Å². The summed E-state index contributed by atoms with van der Waals surface area (Å²) in [4.78, 5) is 2.39. The average molecular weight is 460 g/mol. The number of nitrogens with one attached hydrogen (secondary N) is 1. The van der Waals surface area contributed by atoms with Crippen LogP contribution in [0.1, 0.15) is 24.0 Å². The Kier molecular flexibility index (Phi) is 7.67. The standard InChI is InChI=1S/C20H26ClN3O3S.ClH/c1-13(14-8-15(21)10-17(9-14)27-2)18-11-16(24-6-4-23-5-7-24)12-19(22)20(18)28(3,25)26;/h8-13,23H,4-7,22H2,1-3H3;1H. The van der Waals surface area contributed by atoms with Crippen LogP contribution in [-0.2, 0) is 9.84 Å². The summed E-state index contributed by atoms with van der Waals surface area (Å²) in [5, 5.41) is 3.85. The third-order valence-corrected chi connectivity index (χ3v) is 6.51. The number of nitrogens with zero attached hydrogens (tertiary/aromatic N) is 1. The van der Waals surface area contributed by atoms with Crippen molar-refractivity contribution in [3.05, 3.63) is 46.5 Å². The van der Waals surface area contributed by atoms with Crippen LogP contribution < -0.4 is 20.7 Å². The van der Waals surface area contributed by atoms with E-state index in [4.69, 9.17) is 22.1 Å². The Morgan fingerprint density at radius 1 is 1.17 bits per heavy atom. The van der Waals surface area contributed by atoms with Gasteiger partial charge in [0.1, 0.15) is 5.75 Å². The number of piperazine rings is 1. The number of hydrogen-bond acceptors (Lipinski definition) is 6. The molecule has 0 aliphatic carbocycles. The molecule has 0 amide bonds. The molecule has 1 aliphatic rings. The first-order valence-corrected chi connectivity index (χ1v) is 11.4. The van der Waals surface area contributed by atoms with Gasteiger partial charge in [0.05, 0.1) is 17.7 Å². The monoisotopic (exact) mass is 459 g/mol. The van der Waals surface area contributed by atoms with Gasteiger partial charge in [0.2, 0.25) is 0 Å². The second kappa shape index (κ2) is 9.43. The van der Waals surface area contributed by atoms with Crippen molar-refractivity contribution in [1.29, 1.82) is 0 Å². The third-order valence-electron chi connectivity index (χ3n) is 5.08. The van der Waals surface area contributed by atoms with Gasteiger partial charge in [-0.15, -0.1) is 12.4 Å². The molecule has 1 heterocycles. The fraction of sp³-hybridized carbons (Fsp3) is 0.400. The summed E-state index contributed by atoms with van der Waals surface area (Å²) in [5.74, 6) is 0.393. The van der Waals surface area contributed by atoms with Gasteiger partial charge in [-0.1, -0.05) is 18.5 Å². The molecule has 29 heavy (non-hydrogen) atoms. The zero-order chi connectivity index (χ0) is 20.5. The lowest BCUT2D eigenvalue weighted by molar-refractivity contribution is 0.414. The van der Waals surface area contributed by atoms with Crippen molar-refractivity contribution >= 4 is 45.2 Å². The third kappa shape index (κ3) is 5.28. The molecule has 1 aliphatic heterocycles. The molecule has 1 unspecified atom stereocenters. The molecule has 0 radical (unpaired) electrons. The number of nitrogens with two attached hydrogens (primary N) is 1. The molecule has 1 saturated heterocycles. The molecule has 2 aromatic carbocycles. The van der Waals surface area contributed by atoms with Crippen LogP contribution in [0.25, 0.3) is 0 Å². The predicted molar refractivity (Wildman–Crippen MR) is 122 cm³/mol. The van der Waals surface area contributed by atoms with E-state index in [1.165, 1.54) is 6.26 Å². The highest BCUT2D eigenvalue weighted by Gasteiger charge is 2.25. The Bertz CT molecular complexity index is 977. The first kappa shape index (κ1) is 23.6. The van der Waals surface area contributed by atoms with E-state index in [1.807, 2.05) is 25.1 Å². The van der Waals surface area contributed by atoms with E-state index in [0.717, 1.165) is 37.4 Å². The molecule has 0 saturated carbocycles. The number of benzene rings is 2. The minimum absolute atomic E-state index is 0. The number of methoxy groups -OCH3 is 1. The van der Waals surface area contributed by atoms with Crippen LogP contribution in [0, 0.1) is 0 Å². The Morgan fingerprint density at radius 3 is 2.41 bits per heavy atom. The predicted octanol–water partition coefficient (Wildman–Crippen LogP) is 3.32. The summed E-state index contributed by atoms with van der Waals surface area (Å²) >= 11 is 6.24. The van der Waals surface area contributed by atoms with Crippen LogP contribution in [0.5, 0.6) is 5.75 Å². The van der Waals surface area contributed by atoms with Gasteiger partial charge in [-0.2, -0.15) is 0 Å². The van der Waals surface area contributed by atoms with Gasteiger partial charge < -0.3 is 20.7 Å². The highest BCUT2D eigenvalue weighted by atomic mass is 35.5. The zero-order valence-corrected chi connectivity index (χ0v) is 19.1. The first-order chi connectivity index (χ1) is 13.2. The Balaban J connectivity index is 0.00000300. The molecule has 1 atom stereocenters. The fourth-order valence-electron chi connectivity index (χ4n) is 3.65. The lowest BCUT2D eigenvalue weighted by Crippen LogP contribution is -2.43. The lowest BCUT2D eigenvalue weighted by atomic mass is 9.92. The molecule has 160 valence electrons. The van der Waals surface area contributed by atoms with E-state index in [0.29, 0.717) is 16.3 Å². The van der Waals surface area contributed by atoms with Crippen LogP contribution in [0.3, 0.4) is 0 Å². The Labute approximate surface area is 183 Å². The molecule has 9 heteroatoms. The summed E-state index contributed by atoms with van der Waals surface area (Å²) in [6, 6.07) is 9.12. The smallest absolute Gasteiger partial charge is 0.177 e. The van der Waals surface area contributed by atoms with Crippen LogP contribution in [0.2, 0.25) is 5.02 Å². The van der Waals surface area contributed by atoms with Crippen molar-refractivity contribution in [2.24, 2.45) is 0 Å². The van der Waals surface area contributed by atoms with E-state index in [1.54, 1.807) is 19.2 Å². The average Bonchev–Trinajstić information content (AvgIpc) is 2.65. The molecule has 6 nitrogen and oxygen atoms in total. The second-order valence-electron chi connectivity index (χ2n) is 7.11. The van der Waals surface area contributed by atoms with E-state index in [-0.39, 0.29) is 28.9 Å². The first-order valence-electron chi connectivity index (χ1n) is 9.14. The molecule has 0 bridgehead atoms. The minimum atomic E-state index is -3.51. The van der Waals surface area contributed by atoms with Gasteiger partial charge in [0.15, 0.2) is 9.84 Å². The Hall–Kier alpha value is -1.67. The summed E-state index contributed by atoms with van der Waals surface area (Å²) in [5.41, 5.74) is 8.98. The van der Waals surface area contributed by atoms with Crippen molar-refractivity contribution in [1.82, 2.24) is 5.32 Å². The Morgan fingerprint density at radius 2 is 1.83 bits per heavy atom. The highest BCUT2D eigenvalue weighted by molar-refractivity contribution is 7.91. The van der Waals surface area contributed by atoms with Gasteiger partial charge in [-0.05, 0) is 41.5 Å². The zero-order valence-electron chi connectivity index (χ0n) is 16.7. The van der Waals surface area contributed by atoms with Crippen LogP contribution in [0.4, 0.5) is 11.4 Å². The number of halogens is 2. The maximum atomic E-state index is 12.5. The number of hydrogen-bond donors (Lipinski definition) is 2. The number of ether oxygens (including phenoxy) is 1. The molecule has 0 aromatic heterocycles. The van der Waals surface area contributed by atoms with Gasteiger partial charge in [-0.25, -0.2) is 8.42 Å². The number of rotatable bonds is 5. The van der Waals surface area contributed by atoms with Crippen molar-refractivity contribution in [2.45, 2.75) is 17.7 Å². The van der Waals surface area contributed by atoms with E-state index in [9.17, 15) is 8.42 Å². The molecule has 0 spiro atoms. The molecule has 3 rings (SSSR count). The molecule has 1 fully saturated rings. The minimum Gasteiger partial charge on any atom is -0.497 e. The van der Waals surface area contributed by atoms with Gasteiger partial charge in [0.25, 0.3) is 0 Å². The van der Waals surface area contributed by atoms with Crippen LogP contribution >= 0.6 is 24.0 Å². The van der Waals surface area contributed by atoms with Crippen LogP contribution in [0.15, 0.2) is 35.2 Å². The summed E-state index contributed by atoms with van der Waals surface area (Å²) in [7, 11) is -1.94. The maximum absolute atomic E-state index is 12.5. The van der Waals surface area contributed by atoms with Gasteiger partial charge in [0, 0.05) is 49.1 Å². The largest absolute Gasteiger partial charge is 0.497 e. The summed E-state index contributed by atoms with van der Waals surface area (Å²) in [6.07, 6.45) is 1.19. The SMILES string of the molecule is COc1cc(Cl)cc(C(C)c2cc(N3CCNCC3)cc(N)c2S(C)(=O)=O)c1.Cl. The van der Waals surface area contributed by atoms with Crippen molar-refractivity contribution in [2.75, 3.05) is 50.2 Å².